The highest BCUT2D eigenvalue weighted by Crippen LogP contribution is 2.09. The van der Waals surface area contributed by atoms with Gasteiger partial charge in [-0.3, -0.25) is 5.84 Å². The van der Waals surface area contributed by atoms with E-state index in [0.29, 0.717) is 5.15 Å². The average molecular weight is 216 g/mol. The molecule has 0 aliphatic carbocycles. The lowest BCUT2D eigenvalue weighted by Crippen LogP contribution is -2.06. The molecule has 0 bridgehead atoms. The minimum Gasteiger partial charge on any atom is -0.324 e. The number of nitrogens with one attached hydrogen (secondary N) is 1. The number of anilines is 1. The third-order valence-corrected chi connectivity index (χ3v) is 1.10. The van der Waals surface area contributed by atoms with Gasteiger partial charge in [-0.05, 0) is 12.1 Å². The van der Waals surface area contributed by atoms with Gasteiger partial charge in [0.05, 0.1) is 5.69 Å². The van der Waals surface area contributed by atoms with Gasteiger partial charge in [-0.15, -0.1) is 24.8 Å². The second-order valence-electron chi connectivity index (χ2n) is 1.51. The van der Waals surface area contributed by atoms with Crippen LogP contribution >= 0.6 is 36.4 Å². The van der Waals surface area contributed by atoms with Crippen LogP contribution in [0.2, 0.25) is 5.15 Å². The van der Waals surface area contributed by atoms with E-state index >= 15 is 0 Å². The Hall–Kier alpha value is -0.220. The molecule has 1 aromatic rings. The molecule has 6 heteroatoms. The summed E-state index contributed by atoms with van der Waals surface area (Å²) < 4.78 is 0. The van der Waals surface area contributed by atoms with Crippen LogP contribution in [0.3, 0.4) is 0 Å². The van der Waals surface area contributed by atoms with E-state index < -0.39 is 0 Å². The van der Waals surface area contributed by atoms with E-state index in [4.69, 9.17) is 17.4 Å². The van der Waals surface area contributed by atoms with Crippen molar-refractivity contribution in [1.29, 1.82) is 0 Å². The van der Waals surface area contributed by atoms with Crippen molar-refractivity contribution in [2.45, 2.75) is 0 Å². The number of hydrogen-bond acceptors (Lipinski definition) is 3. The number of hydrogen-bond donors (Lipinski definition) is 2. The summed E-state index contributed by atoms with van der Waals surface area (Å²) >= 11 is 5.52. The third-order valence-electron chi connectivity index (χ3n) is 0.893. The van der Waals surface area contributed by atoms with Crippen molar-refractivity contribution < 1.29 is 0 Å². The first-order valence-corrected chi connectivity index (χ1v) is 2.79. The molecule has 0 aliphatic rings. The van der Waals surface area contributed by atoms with Gasteiger partial charge in [0.15, 0.2) is 0 Å². The Morgan fingerprint density at radius 1 is 1.45 bits per heavy atom. The van der Waals surface area contributed by atoms with Gasteiger partial charge in [0.1, 0.15) is 5.15 Å². The van der Waals surface area contributed by atoms with Crippen molar-refractivity contribution >= 4 is 42.1 Å². The summed E-state index contributed by atoms with van der Waals surface area (Å²) in [6, 6.07) is 3.37. The lowest BCUT2D eigenvalue weighted by atomic mass is 10.4. The highest BCUT2D eigenvalue weighted by molar-refractivity contribution is 6.29. The number of rotatable bonds is 1. The summed E-state index contributed by atoms with van der Waals surface area (Å²) in [7, 11) is 0. The first kappa shape index (κ1) is 13.4. The van der Waals surface area contributed by atoms with E-state index in [1.165, 1.54) is 0 Å². The number of halogens is 3. The minimum absolute atomic E-state index is 0. The van der Waals surface area contributed by atoms with Crippen LogP contribution in [0.1, 0.15) is 0 Å². The zero-order chi connectivity index (χ0) is 6.69. The van der Waals surface area contributed by atoms with Gasteiger partial charge in [-0.1, -0.05) is 11.6 Å². The Labute approximate surface area is 82.1 Å². The maximum atomic E-state index is 5.52. The lowest BCUT2D eigenvalue weighted by molar-refractivity contribution is 1.28. The molecule has 0 aliphatic heterocycles. The number of nitrogens with two attached hydrogens (primary N) is 1. The van der Waals surface area contributed by atoms with Crippen molar-refractivity contribution in [1.82, 2.24) is 4.98 Å². The van der Waals surface area contributed by atoms with Crippen LogP contribution in [0.4, 0.5) is 5.69 Å². The van der Waals surface area contributed by atoms with Crippen LogP contribution in [-0.4, -0.2) is 4.98 Å². The molecule has 0 radical (unpaired) electrons. The van der Waals surface area contributed by atoms with Crippen molar-refractivity contribution in [2.24, 2.45) is 5.84 Å². The fraction of sp³-hybridized carbons (Fsp3) is 0. The monoisotopic (exact) mass is 215 g/mol. The topological polar surface area (TPSA) is 50.9 Å². The van der Waals surface area contributed by atoms with Crippen molar-refractivity contribution in [3.05, 3.63) is 23.5 Å². The first-order valence-electron chi connectivity index (χ1n) is 2.41. The minimum atomic E-state index is 0. The molecule has 3 N–H and O–H groups in total. The summed E-state index contributed by atoms with van der Waals surface area (Å²) in [5, 5.41) is 0.436. The van der Waals surface area contributed by atoms with Gasteiger partial charge in [0.25, 0.3) is 0 Å². The lowest BCUT2D eigenvalue weighted by Gasteiger charge is -1.96. The number of aromatic nitrogens is 1. The predicted octanol–water partition coefficient (Wildman–Crippen LogP) is 1.86. The number of hydrazine groups is 1. The van der Waals surface area contributed by atoms with Crippen molar-refractivity contribution in [3.8, 4) is 0 Å². The number of nitrogens with zero attached hydrogens (tertiary/aromatic N) is 1. The standard InChI is InChI=1S/C5H6ClN3.2ClH/c6-5-3-4(9-7)1-2-8-5;;/h1-3H,7H2,(H,8,9);2*1H. The molecule has 0 atom stereocenters. The largest absolute Gasteiger partial charge is 0.324 e. The van der Waals surface area contributed by atoms with Gasteiger partial charge in [-0.25, -0.2) is 4.98 Å². The van der Waals surface area contributed by atoms with Crippen LogP contribution in [0.5, 0.6) is 0 Å². The Bertz CT molecular complexity index is 206. The summed E-state index contributed by atoms with van der Waals surface area (Å²) in [4.78, 5) is 3.76. The zero-order valence-electron chi connectivity index (χ0n) is 5.45. The normalized spacial score (nSPS) is 7.45. The van der Waals surface area contributed by atoms with Crippen LogP contribution in [0.25, 0.3) is 0 Å². The second-order valence-corrected chi connectivity index (χ2v) is 1.90. The molecule has 1 aromatic heterocycles. The van der Waals surface area contributed by atoms with Crippen LogP contribution < -0.4 is 11.3 Å². The molecule has 0 unspecified atom stereocenters. The van der Waals surface area contributed by atoms with Crippen molar-refractivity contribution in [2.75, 3.05) is 5.43 Å². The van der Waals surface area contributed by atoms with Gasteiger partial charge in [0, 0.05) is 6.20 Å². The molecule has 1 heterocycles. The smallest absolute Gasteiger partial charge is 0.131 e. The van der Waals surface area contributed by atoms with Gasteiger partial charge < -0.3 is 5.43 Å². The molecule has 3 nitrogen and oxygen atoms in total. The van der Waals surface area contributed by atoms with Gasteiger partial charge in [-0.2, -0.15) is 0 Å². The van der Waals surface area contributed by atoms with E-state index in [0.717, 1.165) is 5.69 Å². The highest BCUT2D eigenvalue weighted by atomic mass is 35.5. The van der Waals surface area contributed by atoms with Crippen molar-refractivity contribution in [3.63, 3.8) is 0 Å². The van der Waals surface area contributed by atoms with E-state index in [9.17, 15) is 0 Å². The third kappa shape index (κ3) is 4.27. The summed E-state index contributed by atoms with van der Waals surface area (Å²) in [6.45, 7) is 0. The second kappa shape index (κ2) is 6.49. The van der Waals surface area contributed by atoms with E-state index in [1.54, 1.807) is 18.3 Å². The molecule has 11 heavy (non-hydrogen) atoms. The SMILES string of the molecule is Cl.Cl.NNc1ccnc(Cl)c1. The molecule has 64 valence electrons. The molecule has 1 rings (SSSR count). The van der Waals surface area contributed by atoms with E-state index in [-0.39, 0.29) is 24.8 Å². The van der Waals surface area contributed by atoms with E-state index in [1.807, 2.05) is 0 Å². The molecule has 0 amide bonds. The first-order chi connectivity index (χ1) is 4.33. The van der Waals surface area contributed by atoms with Gasteiger partial charge >= 0.3 is 0 Å². The fourth-order valence-corrected chi connectivity index (χ4v) is 0.666. The van der Waals surface area contributed by atoms with Crippen LogP contribution in [0.15, 0.2) is 18.3 Å². The van der Waals surface area contributed by atoms with Crippen LogP contribution in [0, 0.1) is 0 Å². The quantitative estimate of drug-likeness (QED) is 0.428. The average Bonchev–Trinajstić information content (AvgIpc) is 1.88. The maximum Gasteiger partial charge on any atom is 0.131 e. The van der Waals surface area contributed by atoms with E-state index in [2.05, 4.69) is 10.4 Å². The fourth-order valence-electron chi connectivity index (χ4n) is 0.492. The summed E-state index contributed by atoms with van der Waals surface area (Å²) in [5.74, 6) is 5.08. The zero-order valence-corrected chi connectivity index (χ0v) is 7.84. The predicted molar refractivity (Wildman–Crippen MR) is 51.6 cm³/mol. The Balaban J connectivity index is 0. The van der Waals surface area contributed by atoms with Crippen LogP contribution in [-0.2, 0) is 0 Å². The number of nitrogen functional groups attached to an aromatic ring is 1. The molecule has 0 saturated carbocycles. The molecule has 0 fully saturated rings. The maximum absolute atomic E-state index is 5.52. The molecular formula is C5H8Cl3N3. The Kier molecular flexibility index (Phi) is 7.89. The number of pyridine rings is 1. The molecule has 0 spiro atoms. The Morgan fingerprint density at radius 3 is 2.45 bits per heavy atom. The summed E-state index contributed by atoms with van der Waals surface area (Å²) in [6.07, 6.45) is 1.58. The molecular weight excluding hydrogens is 208 g/mol. The molecule has 0 saturated heterocycles. The highest BCUT2D eigenvalue weighted by Gasteiger charge is 1.88. The van der Waals surface area contributed by atoms with Gasteiger partial charge in [0.2, 0.25) is 0 Å². The summed E-state index contributed by atoms with van der Waals surface area (Å²) in [5.41, 5.74) is 3.20. The Morgan fingerprint density at radius 2 is 2.09 bits per heavy atom. The molecule has 0 aromatic carbocycles.